The fourth-order valence-electron chi connectivity index (χ4n) is 1.49. The highest BCUT2D eigenvalue weighted by molar-refractivity contribution is 9.10. The molecule has 0 saturated heterocycles. The van der Waals surface area contributed by atoms with Gasteiger partial charge in [-0.1, -0.05) is 15.9 Å². The Hall–Kier alpha value is -0.980. The Bertz CT molecular complexity index is 652. The van der Waals surface area contributed by atoms with Crippen LogP contribution in [0.5, 0.6) is 0 Å². The number of halogens is 1. The van der Waals surface area contributed by atoms with Crippen molar-refractivity contribution in [3.63, 3.8) is 0 Å². The second-order valence-corrected chi connectivity index (χ2v) is 7.27. The molecule has 0 bridgehead atoms. The molecule has 0 radical (unpaired) electrons. The summed E-state index contributed by atoms with van der Waals surface area (Å²) < 4.78 is 27.7. The first-order valence-corrected chi connectivity index (χ1v) is 8.94. The van der Waals surface area contributed by atoms with Gasteiger partial charge in [-0.05, 0) is 54.8 Å². The maximum absolute atomic E-state index is 12.1. The van der Waals surface area contributed by atoms with Gasteiger partial charge in [0, 0.05) is 15.1 Å². The molecule has 2 aromatic rings. The van der Waals surface area contributed by atoms with Gasteiger partial charge in [-0.25, -0.2) is 8.42 Å². The van der Waals surface area contributed by atoms with Crippen molar-refractivity contribution in [2.24, 2.45) is 0 Å². The first-order chi connectivity index (χ1) is 9.01. The molecule has 0 aliphatic rings. The minimum absolute atomic E-state index is 0.240. The first-order valence-electron chi connectivity index (χ1n) is 5.44. The zero-order valence-corrected chi connectivity index (χ0v) is 13.3. The summed E-state index contributed by atoms with van der Waals surface area (Å²) in [6.45, 7) is 0. The van der Waals surface area contributed by atoms with Crippen LogP contribution >= 0.6 is 27.7 Å². The molecule has 0 aliphatic heterocycles. The summed E-state index contributed by atoms with van der Waals surface area (Å²) in [5.41, 5.74) is 0.556. The van der Waals surface area contributed by atoms with Gasteiger partial charge in [0.2, 0.25) is 0 Å². The van der Waals surface area contributed by atoms with E-state index in [2.05, 4.69) is 20.7 Å². The Morgan fingerprint density at radius 3 is 2.11 bits per heavy atom. The molecule has 0 unspecified atom stereocenters. The number of hydrogen-bond donors (Lipinski definition) is 1. The van der Waals surface area contributed by atoms with E-state index >= 15 is 0 Å². The monoisotopic (exact) mass is 357 g/mol. The Kier molecular flexibility index (Phi) is 4.54. The minimum atomic E-state index is -3.53. The third kappa shape index (κ3) is 3.75. The molecule has 6 heteroatoms. The van der Waals surface area contributed by atoms with Crippen LogP contribution in [0.1, 0.15) is 0 Å². The quantitative estimate of drug-likeness (QED) is 0.842. The van der Waals surface area contributed by atoms with Gasteiger partial charge >= 0.3 is 0 Å². The van der Waals surface area contributed by atoms with Crippen LogP contribution in [-0.4, -0.2) is 14.7 Å². The van der Waals surface area contributed by atoms with Gasteiger partial charge in [0.15, 0.2) is 0 Å². The van der Waals surface area contributed by atoms with Gasteiger partial charge in [0.25, 0.3) is 10.0 Å². The molecular weight excluding hydrogens is 346 g/mol. The second-order valence-electron chi connectivity index (χ2n) is 3.79. The molecule has 0 aliphatic carbocycles. The lowest BCUT2D eigenvalue weighted by Gasteiger charge is -2.08. The van der Waals surface area contributed by atoms with E-state index in [0.717, 1.165) is 9.37 Å². The lowest BCUT2D eigenvalue weighted by atomic mass is 10.3. The summed E-state index contributed by atoms with van der Waals surface area (Å²) in [5, 5.41) is 0. The second kappa shape index (κ2) is 5.98. The molecule has 0 amide bonds. The Morgan fingerprint density at radius 2 is 1.58 bits per heavy atom. The molecule has 2 aromatic carbocycles. The van der Waals surface area contributed by atoms with Gasteiger partial charge < -0.3 is 0 Å². The fraction of sp³-hybridized carbons (Fsp3) is 0.0769. The standard InChI is InChI=1S/C13H12BrNO2S2/c1-18-12-6-4-11(5-7-12)15-19(16,17)13-8-2-10(14)3-9-13/h2-9,15H,1H3. The lowest BCUT2D eigenvalue weighted by molar-refractivity contribution is 0.601. The van der Waals surface area contributed by atoms with E-state index in [0.29, 0.717) is 5.69 Å². The van der Waals surface area contributed by atoms with Crippen LogP contribution < -0.4 is 4.72 Å². The molecule has 19 heavy (non-hydrogen) atoms. The van der Waals surface area contributed by atoms with Gasteiger partial charge in [0.05, 0.1) is 4.90 Å². The third-order valence-electron chi connectivity index (χ3n) is 2.47. The molecule has 0 aromatic heterocycles. The average Bonchev–Trinajstić information content (AvgIpc) is 2.40. The van der Waals surface area contributed by atoms with Crippen molar-refractivity contribution < 1.29 is 8.42 Å². The number of rotatable bonds is 4. The van der Waals surface area contributed by atoms with Crippen molar-refractivity contribution >= 4 is 43.4 Å². The summed E-state index contributed by atoms with van der Waals surface area (Å²) in [4.78, 5) is 1.33. The molecule has 0 saturated carbocycles. The smallest absolute Gasteiger partial charge is 0.261 e. The van der Waals surface area contributed by atoms with E-state index in [-0.39, 0.29) is 4.90 Å². The lowest BCUT2D eigenvalue weighted by Crippen LogP contribution is -2.12. The van der Waals surface area contributed by atoms with Crippen LogP contribution in [0.15, 0.2) is 62.8 Å². The molecule has 0 fully saturated rings. The Balaban J connectivity index is 2.23. The third-order valence-corrected chi connectivity index (χ3v) is 5.14. The highest BCUT2D eigenvalue weighted by Gasteiger charge is 2.13. The van der Waals surface area contributed by atoms with Crippen molar-refractivity contribution in [2.75, 3.05) is 11.0 Å². The highest BCUT2D eigenvalue weighted by atomic mass is 79.9. The predicted molar refractivity (Wildman–Crippen MR) is 83.2 cm³/mol. The van der Waals surface area contributed by atoms with Gasteiger partial charge in [-0.15, -0.1) is 11.8 Å². The first kappa shape index (κ1) is 14.4. The average molecular weight is 358 g/mol. The number of benzene rings is 2. The zero-order valence-electron chi connectivity index (χ0n) is 10.1. The molecule has 0 atom stereocenters. The van der Waals surface area contributed by atoms with Gasteiger partial charge in [0.1, 0.15) is 0 Å². The van der Waals surface area contributed by atoms with E-state index in [9.17, 15) is 8.42 Å². The molecule has 3 nitrogen and oxygen atoms in total. The van der Waals surface area contributed by atoms with E-state index in [1.165, 1.54) is 0 Å². The summed E-state index contributed by atoms with van der Waals surface area (Å²) >= 11 is 4.89. The van der Waals surface area contributed by atoms with E-state index in [1.54, 1.807) is 48.2 Å². The number of thioether (sulfide) groups is 1. The summed E-state index contributed by atoms with van der Waals surface area (Å²) in [6.07, 6.45) is 1.97. The maximum atomic E-state index is 12.1. The Morgan fingerprint density at radius 1 is 1.00 bits per heavy atom. The van der Waals surface area contributed by atoms with Gasteiger partial charge in [-0.2, -0.15) is 0 Å². The van der Waals surface area contributed by atoms with Crippen LogP contribution in [0.2, 0.25) is 0 Å². The van der Waals surface area contributed by atoms with Crippen LogP contribution in [0.4, 0.5) is 5.69 Å². The van der Waals surface area contributed by atoms with Crippen molar-refractivity contribution in [1.29, 1.82) is 0 Å². The summed E-state index contributed by atoms with van der Waals surface area (Å²) in [7, 11) is -3.53. The van der Waals surface area contributed by atoms with Crippen LogP contribution in [0.25, 0.3) is 0 Å². The summed E-state index contributed by atoms with van der Waals surface area (Å²) in [6, 6.07) is 13.8. The van der Waals surface area contributed by atoms with Crippen molar-refractivity contribution in [1.82, 2.24) is 0 Å². The minimum Gasteiger partial charge on any atom is -0.280 e. The fourth-order valence-corrected chi connectivity index (χ4v) is 3.22. The molecular formula is C13H12BrNO2S2. The van der Waals surface area contributed by atoms with E-state index in [4.69, 9.17) is 0 Å². The van der Waals surface area contributed by atoms with Crippen LogP contribution in [-0.2, 0) is 10.0 Å². The Labute approximate surface area is 125 Å². The van der Waals surface area contributed by atoms with Crippen molar-refractivity contribution in [3.8, 4) is 0 Å². The largest absolute Gasteiger partial charge is 0.280 e. The van der Waals surface area contributed by atoms with E-state index in [1.807, 2.05) is 18.4 Å². The maximum Gasteiger partial charge on any atom is 0.261 e. The molecule has 1 N–H and O–H groups in total. The number of hydrogen-bond acceptors (Lipinski definition) is 3. The SMILES string of the molecule is CSc1ccc(NS(=O)(=O)c2ccc(Br)cc2)cc1. The topological polar surface area (TPSA) is 46.2 Å². The molecule has 100 valence electrons. The zero-order chi connectivity index (χ0) is 13.9. The number of anilines is 1. The number of nitrogens with one attached hydrogen (secondary N) is 1. The molecule has 0 spiro atoms. The predicted octanol–water partition coefficient (Wildman–Crippen LogP) is 3.97. The molecule has 2 rings (SSSR count). The molecule has 0 heterocycles. The highest BCUT2D eigenvalue weighted by Crippen LogP contribution is 2.21. The van der Waals surface area contributed by atoms with Gasteiger partial charge in [-0.3, -0.25) is 4.72 Å². The van der Waals surface area contributed by atoms with Crippen LogP contribution in [0.3, 0.4) is 0 Å². The van der Waals surface area contributed by atoms with Crippen molar-refractivity contribution in [3.05, 3.63) is 53.0 Å². The van der Waals surface area contributed by atoms with Crippen LogP contribution in [0, 0.1) is 0 Å². The van der Waals surface area contributed by atoms with Crippen molar-refractivity contribution in [2.45, 2.75) is 9.79 Å². The van der Waals surface area contributed by atoms with E-state index < -0.39 is 10.0 Å². The number of sulfonamides is 1. The summed E-state index contributed by atoms with van der Waals surface area (Å²) in [5.74, 6) is 0. The normalized spacial score (nSPS) is 11.3.